The highest BCUT2D eigenvalue weighted by molar-refractivity contribution is 5.80. The average molecular weight is 324 g/mol. The number of rotatable bonds is 5. The van der Waals surface area contributed by atoms with E-state index in [4.69, 9.17) is 0 Å². The van der Waals surface area contributed by atoms with E-state index in [1.165, 1.54) is 18.2 Å². The van der Waals surface area contributed by atoms with E-state index in [0.29, 0.717) is 19.0 Å². The number of hydrogen-bond donors (Lipinski definition) is 2. The summed E-state index contributed by atoms with van der Waals surface area (Å²) in [5, 5.41) is 6.61. The summed E-state index contributed by atoms with van der Waals surface area (Å²) in [4.78, 5) is 5.96. The van der Waals surface area contributed by atoms with Crippen LogP contribution in [0, 0.1) is 17.6 Å². The van der Waals surface area contributed by atoms with Crippen molar-refractivity contribution in [2.45, 2.75) is 32.7 Å². The minimum atomic E-state index is -0.509. The predicted molar refractivity (Wildman–Crippen MR) is 90.9 cm³/mol. The first kappa shape index (κ1) is 17.5. The van der Waals surface area contributed by atoms with Crippen molar-refractivity contribution in [1.29, 1.82) is 0 Å². The lowest BCUT2D eigenvalue weighted by Crippen LogP contribution is -2.45. The smallest absolute Gasteiger partial charge is 0.191 e. The monoisotopic (exact) mass is 324 g/mol. The molecule has 128 valence electrons. The Labute approximate surface area is 137 Å². The molecule has 0 spiro atoms. The number of nitrogens with zero attached hydrogens (tertiary/aromatic N) is 2. The number of guanidine groups is 1. The molecule has 0 bridgehead atoms. The fraction of sp³-hybridized carbons (Fsp3) is 0.588. The molecule has 0 radical (unpaired) electrons. The molecule has 0 amide bonds. The zero-order chi connectivity index (χ0) is 16.8. The predicted octanol–water partition coefficient (Wildman–Crippen LogP) is 2.75. The van der Waals surface area contributed by atoms with Crippen LogP contribution >= 0.6 is 0 Å². The molecule has 1 saturated heterocycles. The Morgan fingerprint density at radius 3 is 2.65 bits per heavy atom. The molecule has 2 rings (SSSR count). The normalized spacial score (nSPS) is 18.6. The van der Waals surface area contributed by atoms with Gasteiger partial charge in [0.05, 0.1) is 0 Å². The summed E-state index contributed by atoms with van der Waals surface area (Å²) < 4.78 is 27.7. The number of halogens is 2. The van der Waals surface area contributed by atoms with E-state index in [2.05, 4.69) is 29.5 Å². The fourth-order valence-corrected chi connectivity index (χ4v) is 2.74. The SMILES string of the molecule is CN=C(NCCC(C)C)NC1CCN(c2c(F)cccc2F)C1. The van der Waals surface area contributed by atoms with Gasteiger partial charge in [-0.2, -0.15) is 0 Å². The molecule has 1 heterocycles. The first-order valence-corrected chi connectivity index (χ1v) is 8.17. The van der Waals surface area contributed by atoms with E-state index in [9.17, 15) is 8.78 Å². The molecular formula is C17H26F2N4. The summed E-state index contributed by atoms with van der Waals surface area (Å²) in [7, 11) is 1.73. The molecule has 1 atom stereocenters. The summed E-state index contributed by atoms with van der Waals surface area (Å²) in [6, 6.07) is 4.11. The molecule has 1 aromatic rings. The van der Waals surface area contributed by atoms with Crippen LogP contribution in [0.1, 0.15) is 26.7 Å². The molecule has 0 aromatic heterocycles. The topological polar surface area (TPSA) is 39.7 Å². The number of para-hydroxylation sites is 1. The Morgan fingerprint density at radius 2 is 2.04 bits per heavy atom. The second kappa shape index (κ2) is 8.13. The summed E-state index contributed by atoms with van der Waals surface area (Å²) in [5.74, 6) is 0.355. The van der Waals surface area contributed by atoms with E-state index in [1.54, 1.807) is 11.9 Å². The summed E-state index contributed by atoms with van der Waals surface area (Å²) in [5.41, 5.74) is 0.0690. The van der Waals surface area contributed by atoms with Crippen molar-refractivity contribution in [2.24, 2.45) is 10.9 Å². The molecule has 1 aliphatic heterocycles. The van der Waals surface area contributed by atoms with E-state index >= 15 is 0 Å². The van der Waals surface area contributed by atoms with Crippen LogP contribution in [0.3, 0.4) is 0 Å². The third kappa shape index (κ3) is 4.81. The Bertz CT molecular complexity index is 525. The van der Waals surface area contributed by atoms with E-state index in [-0.39, 0.29) is 11.7 Å². The summed E-state index contributed by atoms with van der Waals surface area (Å²) in [6.07, 6.45) is 1.89. The first-order chi connectivity index (χ1) is 11.0. The minimum absolute atomic E-state index is 0.0690. The maximum absolute atomic E-state index is 13.9. The van der Waals surface area contributed by atoms with Crippen LogP contribution in [0.15, 0.2) is 23.2 Å². The van der Waals surface area contributed by atoms with Crippen LogP contribution < -0.4 is 15.5 Å². The molecular weight excluding hydrogens is 298 g/mol. The molecule has 4 nitrogen and oxygen atoms in total. The van der Waals surface area contributed by atoms with Gasteiger partial charge in [0.2, 0.25) is 0 Å². The van der Waals surface area contributed by atoms with Gasteiger partial charge in [0, 0.05) is 32.7 Å². The van der Waals surface area contributed by atoms with Crippen LogP contribution in [0.4, 0.5) is 14.5 Å². The molecule has 23 heavy (non-hydrogen) atoms. The van der Waals surface area contributed by atoms with Gasteiger partial charge in [-0.15, -0.1) is 0 Å². The number of benzene rings is 1. The highest BCUT2D eigenvalue weighted by Crippen LogP contribution is 2.26. The Hall–Kier alpha value is -1.85. The third-order valence-corrected chi connectivity index (χ3v) is 4.02. The number of hydrogen-bond acceptors (Lipinski definition) is 2. The Balaban J connectivity index is 1.90. The van der Waals surface area contributed by atoms with Crippen molar-refractivity contribution in [2.75, 3.05) is 31.6 Å². The van der Waals surface area contributed by atoms with Gasteiger partial charge in [-0.3, -0.25) is 4.99 Å². The average Bonchev–Trinajstić information content (AvgIpc) is 2.94. The first-order valence-electron chi connectivity index (χ1n) is 8.17. The van der Waals surface area contributed by atoms with Crippen molar-refractivity contribution < 1.29 is 8.78 Å². The van der Waals surface area contributed by atoms with Crippen molar-refractivity contribution in [1.82, 2.24) is 10.6 Å². The standard InChI is InChI=1S/C17H26F2N4/c1-12(2)7-9-21-17(20-3)22-13-8-10-23(11-13)16-14(18)5-4-6-15(16)19/h4-6,12-13H,7-11H2,1-3H3,(H2,20,21,22). The van der Waals surface area contributed by atoms with Gasteiger partial charge in [0.1, 0.15) is 17.3 Å². The van der Waals surface area contributed by atoms with Crippen LogP contribution in [0.5, 0.6) is 0 Å². The lowest BCUT2D eigenvalue weighted by Gasteiger charge is -2.21. The Kier molecular flexibility index (Phi) is 6.19. The van der Waals surface area contributed by atoms with Crippen LogP contribution in [0.25, 0.3) is 0 Å². The fourth-order valence-electron chi connectivity index (χ4n) is 2.74. The summed E-state index contributed by atoms with van der Waals surface area (Å²) in [6.45, 7) is 6.39. The third-order valence-electron chi connectivity index (χ3n) is 4.02. The van der Waals surface area contributed by atoms with Gasteiger partial charge < -0.3 is 15.5 Å². The van der Waals surface area contributed by atoms with Gasteiger partial charge in [-0.05, 0) is 30.9 Å². The van der Waals surface area contributed by atoms with Gasteiger partial charge >= 0.3 is 0 Å². The number of nitrogens with one attached hydrogen (secondary N) is 2. The van der Waals surface area contributed by atoms with Crippen LogP contribution in [-0.4, -0.2) is 38.7 Å². The minimum Gasteiger partial charge on any atom is -0.365 e. The van der Waals surface area contributed by atoms with Gasteiger partial charge in [-0.1, -0.05) is 19.9 Å². The van der Waals surface area contributed by atoms with Crippen molar-refractivity contribution in [3.8, 4) is 0 Å². The van der Waals surface area contributed by atoms with Crippen molar-refractivity contribution in [3.05, 3.63) is 29.8 Å². The largest absolute Gasteiger partial charge is 0.365 e. The van der Waals surface area contributed by atoms with Crippen LogP contribution in [-0.2, 0) is 0 Å². The number of anilines is 1. The second-order valence-corrected chi connectivity index (χ2v) is 6.33. The zero-order valence-electron chi connectivity index (χ0n) is 14.1. The van der Waals surface area contributed by atoms with Gasteiger partial charge in [0.25, 0.3) is 0 Å². The van der Waals surface area contributed by atoms with Crippen molar-refractivity contribution in [3.63, 3.8) is 0 Å². The van der Waals surface area contributed by atoms with Gasteiger partial charge in [-0.25, -0.2) is 8.78 Å². The molecule has 0 aliphatic carbocycles. The Morgan fingerprint density at radius 1 is 1.35 bits per heavy atom. The van der Waals surface area contributed by atoms with Crippen LogP contribution in [0.2, 0.25) is 0 Å². The second-order valence-electron chi connectivity index (χ2n) is 6.33. The molecule has 0 saturated carbocycles. The van der Waals surface area contributed by atoms with Crippen molar-refractivity contribution >= 4 is 11.6 Å². The molecule has 1 fully saturated rings. The highest BCUT2D eigenvalue weighted by atomic mass is 19.1. The lowest BCUT2D eigenvalue weighted by molar-refractivity contribution is 0.566. The maximum Gasteiger partial charge on any atom is 0.191 e. The molecule has 6 heteroatoms. The molecule has 2 N–H and O–H groups in total. The molecule has 1 aromatic carbocycles. The lowest BCUT2D eigenvalue weighted by atomic mass is 10.1. The van der Waals surface area contributed by atoms with E-state index < -0.39 is 11.6 Å². The van der Waals surface area contributed by atoms with E-state index in [1.807, 2.05) is 0 Å². The van der Waals surface area contributed by atoms with E-state index in [0.717, 1.165) is 25.3 Å². The van der Waals surface area contributed by atoms with Gasteiger partial charge in [0.15, 0.2) is 5.96 Å². The molecule has 1 unspecified atom stereocenters. The maximum atomic E-state index is 13.9. The number of aliphatic imine (C=N–C) groups is 1. The highest BCUT2D eigenvalue weighted by Gasteiger charge is 2.27. The zero-order valence-corrected chi connectivity index (χ0v) is 14.1. The molecule has 1 aliphatic rings. The summed E-state index contributed by atoms with van der Waals surface area (Å²) >= 11 is 0. The quantitative estimate of drug-likeness (QED) is 0.646.